The van der Waals surface area contributed by atoms with Gasteiger partial charge in [0, 0.05) is 0 Å². The Balaban J connectivity index is 2.28. The zero-order valence-corrected chi connectivity index (χ0v) is 9.51. The minimum absolute atomic E-state index is 0.000556. The van der Waals surface area contributed by atoms with E-state index in [-0.39, 0.29) is 18.1 Å². The molecule has 3 N–H and O–H groups in total. The van der Waals surface area contributed by atoms with Crippen molar-refractivity contribution in [3.63, 3.8) is 0 Å². The molecule has 15 heavy (non-hydrogen) atoms. The van der Waals surface area contributed by atoms with Crippen molar-refractivity contribution < 1.29 is 9.90 Å². The molecular weight excluding hydrogens is 192 g/mol. The summed E-state index contributed by atoms with van der Waals surface area (Å²) >= 11 is 0. The van der Waals surface area contributed by atoms with Gasteiger partial charge in [-0.1, -0.05) is 19.8 Å². The summed E-state index contributed by atoms with van der Waals surface area (Å²) < 4.78 is 0. The number of rotatable bonds is 6. The van der Waals surface area contributed by atoms with E-state index in [1.54, 1.807) is 0 Å². The van der Waals surface area contributed by atoms with Crippen LogP contribution >= 0.6 is 0 Å². The zero-order valence-electron chi connectivity index (χ0n) is 9.51. The molecule has 4 nitrogen and oxygen atoms in total. The van der Waals surface area contributed by atoms with Crippen LogP contribution in [-0.2, 0) is 4.79 Å². The van der Waals surface area contributed by atoms with Crippen molar-refractivity contribution in [2.24, 2.45) is 0 Å². The molecule has 1 aliphatic rings. The van der Waals surface area contributed by atoms with Crippen LogP contribution in [0, 0.1) is 0 Å². The molecule has 0 saturated heterocycles. The van der Waals surface area contributed by atoms with E-state index in [1.165, 1.54) is 0 Å². The Bertz CT molecular complexity index is 201. The first-order valence-electron chi connectivity index (χ1n) is 5.85. The summed E-state index contributed by atoms with van der Waals surface area (Å²) in [4.78, 5) is 11.6. The lowest BCUT2D eigenvalue weighted by atomic mass is 9.99. The normalized spacial score (nSPS) is 19.1. The first-order chi connectivity index (χ1) is 7.22. The number of nitrogens with one attached hydrogen (secondary N) is 2. The Morgan fingerprint density at radius 3 is 2.60 bits per heavy atom. The molecule has 0 aliphatic heterocycles. The molecule has 0 bridgehead atoms. The maximum absolute atomic E-state index is 11.6. The van der Waals surface area contributed by atoms with E-state index in [4.69, 9.17) is 0 Å². The largest absolute Gasteiger partial charge is 0.394 e. The van der Waals surface area contributed by atoms with Crippen molar-refractivity contribution in [1.29, 1.82) is 0 Å². The van der Waals surface area contributed by atoms with Gasteiger partial charge < -0.3 is 15.7 Å². The molecule has 0 aromatic rings. The van der Waals surface area contributed by atoms with Gasteiger partial charge >= 0.3 is 0 Å². The molecule has 4 heteroatoms. The van der Waals surface area contributed by atoms with Crippen molar-refractivity contribution in [3.05, 3.63) is 0 Å². The van der Waals surface area contributed by atoms with E-state index >= 15 is 0 Å². The van der Waals surface area contributed by atoms with Crippen molar-refractivity contribution >= 4 is 5.91 Å². The van der Waals surface area contributed by atoms with Gasteiger partial charge in [0.05, 0.1) is 18.7 Å². The number of carbonyl (C=O) groups is 1. The van der Waals surface area contributed by atoms with Crippen LogP contribution in [-0.4, -0.2) is 36.2 Å². The van der Waals surface area contributed by atoms with Gasteiger partial charge in [0.2, 0.25) is 5.91 Å². The summed E-state index contributed by atoms with van der Waals surface area (Å²) in [7, 11) is 0. The van der Waals surface area contributed by atoms with E-state index in [9.17, 15) is 9.90 Å². The van der Waals surface area contributed by atoms with Crippen molar-refractivity contribution in [2.45, 2.75) is 44.6 Å². The van der Waals surface area contributed by atoms with Gasteiger partial charge in [-0.15, -0.1) is 0 Å². The van der Waals surface area contributed by atoms with Gasteiger partial charge in [0.15, 0.2) is 0 Å². The fourth-order valence-corrected chi connectivity index (χ4v) is 2.09. The zero-order chi connectivity index (χ0) is 11.1. The molecule has 0 spiro atoms. The Morgan fingerprint density at radius 1 is 1.40 bits per heavy atom. The van der Waals surface area contributed by atoms with Gasteiger partial charge in [-0.2, -0.15) is 0 Å². The van der Waals surface area contributed by atoms with Crippen LogP contribution in [0.3, 0.4) is 0 Å². The molecular formula is C11H22N2O2. The van der Waals surface area contributed by atoms with E-state index in [0.29, 0.717) is 6.54 Å². The number of hydrogen-bond acceptors (Lipinski definition) is 3. The molecule has 0 unspecified atom stereocenters. The third kappa shape index (κ3) is 3.80. The highest BCUT2D eigenvalue weighted by molar-refractivity contribution is 5.78. The lowest BCUT2D eigenvalue weighted by molar-refractivity contribution is -0.122. The average Bonchev–Trinajstić information content (AvgIpc) is 2.67. The van der Waals surface area contributed by atoms with Gasteiger partial charge in [0.1, 0.15) is 0 Å². The van der Waals surface area contributed by atoms with Gasteiger partial charge in [-0.25, -0.2) is 0 Å². The predicted molar refractivity (Wildman–Crippen MR) is 59.6 cm³/mol. The summed E-state index contributed by atoms with van der Waals surface area (Å²) in [5.74, 6) is -0.000556. The Morgan fingerprint density at radius 2 is 2.07 bits per heavy atom. The predicted octanol–water partition coefficient (Wildman–Crippen LogP) is 0.407. The number of hydrogen-bond donors (Lipinski definition) is 3. The highest BCUT2D eigenvalue weighted by Gasteiger charge is 2.34. The van der Waals surface area contributed by atoms with Crippen molar-refractivity contribution in [2.75, 3.05) is 19.7 Å². The molecule has 1 aliphatic carbocycles. The second-order valence-corrected chi connectivity index (χ2v) is 4.37. The molecule has 0 radical (unpaired) electrons. The maximum atomic E-state index is 11.6. The van der Waals surface area contributed by atoms with E-state index < -0.39 is 0 Å². The van der Waals surface area contributed by atoms with Crippen LogP contribution in [0.2, 0.25) is 0 Å². The fraction of sp³-hybridized carbons (Fsp3) is 0.909. The second kappa shape index (κ2) is 6.08. The Labute approximate surface area is 91.4 Å². The molecule has 0 aromatic heterocycles. The first kappa shape index (κ1) is 12.5. The smallest absolute Gasteiger partial charge is 0.234 e. The summed E-state index contributed by atoms with van der Waals surface area (Å²) in [6, 6.07) is 0. The maximum Gasteiger partial charge on any atom is 0.234 e. The third-order valence-corrected chi connectivity index (χ3v) is 2.98. The number of aliphatic hydroxyl groups excluding tert-OH is 1. The van der Waals surface area contributed by atoms with Gasteiger partial charge in [0.25, 0.3) is 0 Å². The molecule has 1 saturated carbocycles. The van der Waals surface area contributed by atoms with Crippen molar-refractivity contribution in [1.82, 2.24) is 10.6 Å². The van der Waals surface area contributed by atoms with E-state index in [2.05, 4.69) is 17.6 Å². The molecule has 1 rings (SSSR count). The highest BCUT2D eigenvalue weighted by atomic mass is 16.3. The lowest BCUT2D eigenvalue weighted by Gasteiger charge is -2.28. The van der Waals surface area contributed by atoms with Crippen LogP contribution < -0.4 is 10.6 Å². The minimum atomic E-state index is -0.328. The summed E-state index contributed by atoms with van der Waals surface area (Å²) in [6.07, 6.45) is 5.04. The summed E-state index contributed by atoms with van der Waals surface area (Å²) in [6.45, 7) is 3.35. The van der Waals surface area contributed by atoms with Gasteiger partial charge in [-0.05, 0) is 25.8 Å². The molecule has 0 atom stereocenters. The third-order valence-electron chi connectivity index (χ3n) is 2.98. The molecule has 1 amide bonds. The summed E-state index contributed by atoms with van der Waals surface area (Å²) in [5.41, 5.74) is -0.328. The Hall–Kier alpha value is -0.610. The minimum Gasteiger partial charge on any atom is -0.394 e. The first-order valence-corrected chi connectivity index (χ1v) is 5.85. The Kier molecular flexibility index (Phi) is 5.05. The van der Waals surface area contributed by atoms with E-state index in [1.807, 2.05) is 0 Å². The number of carbonyl (C=O) groups excluding carboxylic acids is 1. The van der Waals surface area contributed by atoms with E-state index in [0.717, 1.165) is 38.6 Å². The van der Waals surface area contributed by atoms with Crippen LogP contribution in [0.4, 0.5) is 0 Å². The van der Waals surface area contributed by atoms with Gasteiger partial charge in [-0.3, -0.25) is 4.79 Å². The van der Waals surface area contributed by atoms with Crippen LogP contribution in [0.15, 0.2) is 0 Å². The fourth-order valence-electron chi connectivity index (χ4n) is 2.09. The molecule has 1 fully saturated rings. The molecule has 88 valence electrons. The second-order valence-electron chi connectivity index (χ2n) is 4.37. The SMILES string of the molecule is CCCNCC(=O)NC1(CO)CCCC1. The number of amides is 1. The van der Waals surface area contributed by atoms with Crippen LogP contribution in [0.5, 0.6) is 0 Å². The summed E-state index contributed by atoms with van der Waals surface area (Å²) in [5, 5.41) is 15.3. The molecule has 0 heterocycles. The monoisotopic (exact) mass is 214 g/mol. The molecule has 0 aromatic carbocycles. The highest BCUT2D eigenvalue weighted by Crippen LogP contribution is 2.28. The number of aliphatic hydroxyl groups is 1. The quantitative estimate of drug-likeness (QED) is 0.561. The topological polar surface area (TPSA) is 61.4 Å². The lowest BCUT2D eigenvalue weighted by Crippen LogP contribution is -2.51. The standard InChI is InChI=1S/C11H22N2O2/c1-2-7-12-8-10(15)13-11(9-14)5-3-4-6-11/h12,14H,2-9H2,1H3,(H,13,15). The van der Waals surface area contributed by atoms with Crippen molar-refractivity contribution in [3.8, 4) is 0 Å². The average molecular weight is 214 g/mol. The van der Waals surface area contributed by atoms with Crippen LogP contribution in [0.1, 0.15) is 39.0 Å². The van der Waals surface area contributed by atoms with Crippen LogP contribution in [0.25, 0.3) is 0 Å².